The summed E-state index contributed by atoms with van der Waals surface area (Å²) >= 11 is 0. The summed E-state index contributed by atoms with van der Waals surface area (Å²) < 4.78 is 2.23. The molecule has 0 aliphatic heterocycles. The first-order valence-corrected chi connectivity index (χ1v) is 6.36. The Bertz CT molecular complexity index is 552. The Morgan fingerprint density at radius 3 is 2.88 bits per heavy atom. The number of benzene rings is 1. The Labute approximate surface area is 102 Å². The van der Waals surface area contributed by atoms with Gasteiger partial charge >= 0.3 is 0 Å². The molecule has 1 aliphatic carbocycles. The van der Waals surface area contributed by atoms with Gasteiger partial charge in [0, 0.05) is 19.5 Å². The Kier molecular flexibility index (Phi) is 2.44. The van der Waals surface area contributed by atoms with Crippen LogP contribution in [0.1, 0.15) is 37.1 Å². The SMILES string of the molecule is CC(c1nc2ccc(CN)cc2n1C)C1CC1. The van der Waals surface area contributed by atoms with Crippen molar-refractivity contribution in [2.24, 2.45) is 18.7 Å². The highest BCUT2D eigenvalue weighted by atomic mass is 15.1. The van der Waals surface area contributed by atoms with Crippen LogP contribution in [0.2, 0.25) is 0 Å². The Morgan fingerprint density at radius 1 is 1.47 bits per heavy atom. The van der Waals surface area contributed by atoms with Gasteiger partial charge in [-0.1, -0.05) is 13.0 Å². The van der Waals surface area contributed by atoms with E-state index in [0.29, 0.717) is 12.5 Å². The predicted molar refractivity (Wildman–Crippen MR) is 69.7 cm³/mol. The van der Waals surface area contributed by atoms with Crippen molar-refractivity contribution in [1.29, 1.82) is 0 Å². The van der Waals surface area contributed by atoms with Crippen molar-refractivity contribution in [3.8, 4) is 0 Å². The number of hydrogen-bond donors (Lipinski definition) is 1. The predicted octanol–water partition coefficient (Wildman–Crippen LogP) is 2.55. The average Bonchev–Trinajstić information content (AvgIpc) is 3.14. The molecule has 1 fully saturated rings. The first-order valence-electron chi connectivity index (χ1n) is 6.36. The van der Waals surface area contributed by atoms with E-state index in [1.54, 1.807) is 0 Å². The summed E-state index contributed by atoms with van der Waals surface area (Å²) in [4.78, 5) is 4.77. The fourth-order valence-electron chi connectivity index (χ4n) is 2.60. The van der Waals surface area contributed by atoms with Crippen LogP contribution in [0, 0.1) is 5.92 Å². The largest absolute Gasteiger partial charge is 0.331 e. The maximum atomic E-state index is 5.69. The van der Waals surface area contributed by atoms with Gasteiger partial charge in [0.1, 0.15) is 5.82 Å². The molecule has 1 heterocycles. The standard InChI is InChI=1S/C14H19N3/c1-9(11-4-5-11)14-16-12-6-3-10(8-15)7-13(12)17(14)2/h3,6-7,9,11H,4-5,8,15H2,1-2H3. The van der Waals surface area contributed by atoms with Crippen LogP contribution in [0.15, 0.2) is 18.2 Å². The molecule has 0 amide bonds. The fraction of sp³-hybridized carbons (Fsp3) is 0.500. The maximum absolute atomic E-state index is 5.69. The minimum atomic E-state index is 0.578. The van der Waals surface area contributed by atoms with Gasteiger partial charge in [-0.15, -0.1) is 0 Å². The van der Waals surface area contributed by atoms with Crippen molar-refractivity contribution in [2.45, 2.75) is 32.2 Å². The number of hydrogen-bond acceptors (Lipinski definition) is 2. The third kappa shape index (κ3) is 1.75. The summed E-state index contributed by atoms with van der Waals surface area (Å²) in [7, 11) is 2.11. The molecular weight excluding hydrogens is 210 g/mol. The summed E-state index contributed by atoms with van der Waals surface area (Å²) in [5.41, 5.74) is 9.15. The summed E-state index contributed by atoms with van der Waals surface area (Å²) in [5.74, 6) is 2.64. The van der Waals surface area contributed by atoms with E-state index in [1.807, 2.05) is 0 Å². The molecule has 2 aromatic rings. The van der Waals surface area contributed by atoms with Crippen LogP contribution in [0.5, 0.6) is 0 Å². The van der Waals surface area contributed by atoms with Crippen LogP contribution in [0.3, 0.4) is 0 Å². The average molecular weight is 229 g/mol. The zero-order chi connectivity index (χ0) is 12.0. The van der Waals surface area contributed by atoms with Crippen LogP contribution < -0.4 is 5.73 Å². The van der Waals surface area contributed by atoms with Crippen LogP contribution in [-0.4, -0.2) is 9.55 Å². The van der Waals surface area contributed by atoms with E-state index in [0.717, 1.165) is 11.4 Å². The number of nitrogens with zero attached hydrogens (tertiary/aromatic N) is 2. The molecule has 1 saturated carbocycles. The van der Waals surface area contributed by atoms with Crippen molar-refractivity contribution in [1.82, 2.24) is 9.55 Å². The highest BCUT2D eigenvalue weighted by molar-refractivity contribution is 5.77. The molecule has 90 valence electrons. The maximum Gasteiger partial charge on any atom is 0.112 e. The smallest absolute Gasteiger partial charge is 0.112 e. The van der Waals surface area contributed by atoms with Crippen molar-refractivity contribution in [2.75, 3.05) is 0 Å². The number of rotatable bonds is 3. The quantitative estimate of drug-likeness (QED) is 0.879. The van der Waals surface area contributed by atoms with Crippen molar-refractivity contribution >= 4 is 11.0 Å². The molecule has 2 N–H and O–H groups in total. The van der Waals surface area contributed by atoms with E-state index in [4.69, 9.17) is 10.7 Å². The van der Waals surface area contributed by atoms with E-state index >= 15 is 0 Å². The molecule has 1 aliphatic rings. The number of imidazole rings is 1. The lowest BCUT2D eigenvalue weighted by molar-refractivity contribution is 0.599. The monoisotopic (exact) mass is 229 g/mol. The highest BCUT2D eigenvalue weighted by Gasteiger charge is 2.31. The number of fused-ring (bicyclic) bond motifs is 1. The zero-order valence-electron chi connectivity index (χ0n) is 10.5. The van der Waals surface area contributed by atoms with Crippen LogP contribution >= 0.6 is 0 Å². The van der Waals surface area contributed by atoms with Crippen molar-refractivity contribution in [3.63, 3.8) is 0 Å². The molecule has 17 heavy (non-hydrogen) atoms. The van der Waals surface area contributed by atoms with Crippen molar-refractivity contribution < 1.29 is 0 Å². The number of aromatic nitrogens is 2. The van der Waals surface area contributed by atoms with E-state index < -0.39 is 0 Å². The van der Waals surface area contributed by atoms with E-state index in [1.165, 1.54) is 29.7 Å². The topological polar surface area (TPSA) is 43.8 Å². The molecular formula is C14H19N3. The van der Waals surface area contributed by atoms with Crippen LogP contribution in [0.4, 0.5) is 0 Å². The van der Waals surface area contributed by atoms with Gasteiger partial charge < -0.3 is 10.3 Å². The molecule has 3 heteroatoms. The fourth-order valence-corrected chi connectivity index (χ4v) is 2.60. The van der Waals surface area contributed by atoms with E-state index in [2.05, 4.69) is 36.7 Å². The van der Waals surface area contributed by atoms with Gasteiger partial charge in [0.2, 0.25) is 0 Å². The Balaban J connectivity index is 2.10. The van der Waals surface area contributed by atoms with Gasteiger partial charge in [-0.25, -0.2) is 4.98 Å². The first-order chi connectivity index (χ1) is 8.20. The number of nitrogens with two attached hydrogens (primary N) is 1. The second-order valence-electron chi connectivity index (χ2n) is 5.18. The van der Waals surface area contributed by atoms with Gasteiger partial charge in [-0.2, -0.15) is 0 Å². The third-order valence-corrected chi connectivity index (χ3v) is 3.95. The normalized spacial score (nSPS) is 17.6. The lowest BCUT2D eigenvalue weighted by Gasteiger charge is -2.09. The number of aryl methyl sites for hydroxylation is 1. The Morgan fingerprint density at radius 2 is 2.24 bits per heavy atom. The second-order valence-corrected chi connectivity index (χ2v) is 5.18. The molecule has 1 aromatic carbocycles. The molecule has 3 nitrogen and oxygen atoms in total. The van der Waals surface area contributed by atoms with Crippen LogP contribution in [0.25, 0.3) is 11.0 Å². The molecule has 0 spiro atoms. The van der Waals surface area contributed by atoms with E-state index in [9.17, 15) is 0 Å². The molecule has 0 radical (unpaired) electrons. The summed E-state index contributed by atoms with van der Waals surface area (Å²) in [6.07, 6.45) is 2.72. The first kappa shape index (κ1) is 10.8. The lowest BCUT2D eigenvalue weighted by Crippen LogP contribution is -2.04. The summed E-state index contributed by atoms with van der Waals surface area (Å²) in [6.45, 7) is 2.89. The molecule has 0 saturated heterocycles. The molecule has 0 bridgehead atoms. The van der Waals surface area contributed by atoms with Crippen LogP contribution in [-0.2, 0) is 13.6 Å². The van der Waals surface area contributed by atoms with Gasteiger partial charge in [0.25, 0.3) is 0 Å². The second kappa shape index (κ2) is 3.84. The van der Waals surface area contributed by atoms with Gasteiger partial charge in [0.15, 0.2) is 0 Å². The highest BCUT2D eigenvalue weighted by Crippen LogP contribution is 2.42. The Hall–Kier alpha value is -1.35. The lowest BCUT2D eigenvalue weighted by atomic mass is 10.1. The summed E-state index contributed by atoms with van der Waals surface area (Å²) in [5, 5.41) is 0. The molecule has 1 unspecified atom stereocenters. The van der Waals surface area contributed by atoms with E-state index in [-0.39, 0.29) is 0 Å². The van der Waals surface area contributed by atoms with Gasteiger partial charge in [-0.3, -0.25) is 0 Å². The summed E-state index contributed by atoms with van der Waals surface area (Å²) in [6, 6.07) is 6.31. The zero-order valence-corrected chi connectivity index (χ0v) is 10.5. The van der Waals surface area contributed by atoms with Crippen molar-refractivity contribution in [3.05, 3.63) is 29.6 Å². The molecule has 1 aromatic heterocycles. The minimum absolute atomic E-state index is 0.578. The molecule has 1 atom stereocenters. The molecule has 3 rings (SSSR count). The third-order valence-electron chi connectivity index (χ3n) is 3.95. The van der Waals surface area contributed by atoms with Gasteiger partial charge in [0.05, 0.1) is 11.0 Å². The van der Waals surface area contributed by atoms with Gasteiger partial charge in [-0.05, 0) is 36.5 Å². The minimum Gasteiger partial charge on any atom is -0.331 e.